The highest BCUT2D eigenvalue weighted by atomic mass is 31.2. The van der Waals surface area contributed by atoms with Gasteiger partial charge < -0.3 is 20.5 Å². The van der Waals surface area contributed by atoms with Gasteiger partial charge in [-0.3, -0.25) is 4.57 Å². The van der Waals surface area contributed by atoms with Crippen LogP contribution in [0.1, 0.15) is 38.4 Å². The lowest BCUT2D eigenvalue weighted by Gasteiger charge is -2.26. The standard InChI is InChI=1S/C13H23N2O3P/c1-4-13(19(16,17-5-2)18-6-3)11-8-7-10(14)9-12(11)15/h7-9,13H,4-6,14-15H2,1-3H3. The molecule has 0 saturated carbocycles. The van der Waals surface area contributed by atoms with Crippen LogP contribution in [0, 0.1) is 0 Å². The Morgan fingerprint density at radius 2 is 1.74 bits per heavy atom. The van der Waals surface area contributed by atoms with E-state index in [2.05, 4.69) is 0 Å². The second kappa shape index (κ2) is 6.94. The van der Waals surface area contributed by atoms with Crippen molar-refractivity contribution < 1.29 is 13.6 Å². The molecule has 0 amide bonds. The number of rotatable bonds is 7. The molecule has 0 aliphatic heterocycles. The van der Waals surface area contributed by atoms with Gasteiger partial charge in [0.15, 0.2) is 0 Å². The van der Waals surface area contributed by atoms with Crippen LogP contribution in [0.3, 0.4) is 0 Å². The molecule has 0 spiro atoms. The van der Waals surface area contributed by atoms with Gasteiger partial charge in [-0.25, -0.2) is 0 Å². The summed E-state index contributed by atoms with van der Waals surface area (Å²) in [6.45, 7) is 6.20. The zero-order chi connectivity index (χ0) is 14.5. The fourth-order valence-electron chi connectivity index (χ4n) is 2.09. The van der Waals surface area contributed by atoms with Gasteiger partial charge in [-0.2, -0.15) is 0 Å². The summed E-state index contributed by atoms with van der Waals surface area (Å²) in [5.41, 5.74) is 13.2. The molecule has 0 radical (unpaired) electrons. The Morgan fingerprint density at radius 1 is 1.16 bits per heavy atom. The van der Waals surface area contributed by atoms with Crippen LogP contribution in [0.4, 0.5) is 11.4 Å². The summed E-state index contributed by atoms with van der Waals surface area (Å²) < 4.78 is 23.7. The molecule has 5 nitrogen and oxygen atoms in total. The second-order valence-electron chi connectivity index (χ2n) is 4.19. The number of hydrogen-bond acceptors (Lipinski definition) is 5. The molecule has 0 aliphatic rings. The number of nitrogen functional groups attached to an aromatic ring is 2. The van der Waals surface area contributed by atoms with Crippen molar-refractivity contribution in [3.05, 3.63) is 23.8 Å². The van der Waals surface area contributed by atoms with Crippen molar-refractivity contribution in [2.45, 2.75) is 32.9 Å². The van der Waals surface area contributed by atoms with E-state index in [9.17, 15) is 4.57 Å². The van der Waals surface area contributed by atoms with E-state index in [1.165, 1.54) is 0 Å². The van der Waals surface area contributed by atoms with Gasteiger partial charge in [-0.1, -0.05) is 13.0 Å². The number of hydrogen-bond donors (Lipinski definition) is 2. The summed E-state index contributed by atoms with van der Waals surface area (Å²) in [5.74, 6) is 0. The second-order valence-corrected chi connectivity index (χ2v) is 6.41. The Morgan fingerprint density at radius 3 is 2.16 bits per heavy atom. The molecule has 0 aliphatic carbocycles. The SMILES string of the molecule is CCOP(=O)(OCC)C(CC)c1ccc(N)cc1N. The lowest BCUT2D eigenvalue weighted by atomic mass is 10.1. The molecule has 1 aromatic carbocycles. The third kappa shape index (κ3) is 3.72. The minimum Gasteiger partial charge on any atom is -0.399 e. The van der Waals surface area contributed by atoms with Gasteiger partial charge in [0.05, 0.1) is 18.9 Å². The minimum absolute atomic E-state index is 0.336. The average molecular weight is 286 g/mol. The maximum absolute atomic E-state index is 12.9. The van der Waals surface area contributed by atoms with E-state index >= 15 is 0 Å². The number of anilines is 2. The molecule has 1 atom stereocenters. The van der Waals surface area contributed by atoms with Gasteiger partial charge in [0, 0.05) is 11.4 Å². The lowest BCUT2D eigenvalue weighted by Crippen LogP contribution is -2.08. The maximum atomic E-state index is 12.9. The fourth-order valence-corrected chi connectivity index (χ4v) is 4.26. The zero-order valence-electron chi connectivity index (χ0n) is 11.8. The molecule has 1 aromatic rings. The Labute approximate surface area is 114 Å². The molecule has 6 heteroatoms. The average Bonchev–Trinajstić information content (AvgIpc) is 2.33. The van der Waals surface area contributed by atoms with Gasteiger partial charge >= 0.3 is 7.60 Å². The fraction of sp³-hybridized carbons (Fsp3) is 0.538. The number of benzene rings is 1. The van der Waals surface area contributed by atoms with Gasteiger partial charge in [-0.05, 0) is 38.0 Å². The van der Waals surface area contributed by atoms with Crippen molar-refractivity contribution in [3.8, 4) is 0 Å². The molecule has 0 fully saturated rings. The molecule has 108 valence electrons. The highest BCUT2D eigenvalue weighted by molar-refractivity contribution is 7.54. The van der Waals surface area contributed by atoms with E-state index in [1.807, 2.05) is 6.92 Å². The van der Waals surface area contributed by atoms with Crippen molar-refractivity contribution in [2.75, 3.05) is 24.7 Å². The lowest BCUT2D eigenvalue weighted by molar-refractivity contribution is 0.211. The van der Waals surface area contributed by atoms with Gasteiger partial charge in [-0.15, -0.1) is 0 Å². The monoisotopic (exact) mass is 286 g/mol. The van der Waals surface area contributed by atoms with Crippen LogP contribution in [0.15, 0.2) is 18.2 Å². The number of nitrogens with two attached hydrogens (primary N) is 2. The zero-order valence-corrected chi connectivity index (χ0v) is 12.7. The quantitative estimate of drug-likeness (QED) is 0.591. The summed E-state index contributed by atoms with van der Waals surface area (Å²) in [6.07, 6.45) is 0.616. The van der Waals surface area contributed by atoms with Crippen LogP contribution < -0.4 is 11.5 Å². The molecule has 1 unspecified atom stereocenters. The van der Waals surface area contributed by atoms with Crippen molar-refractivity contribution in [1.29, 1.82) is 0 Å². The van der Waals surface area contributed by atoms with E-state index < -0.39 is 7.60 Å². The summed E-state index contributed by atoms with van der Waals surface area (Å²) in [7, 11) is -3.21. The van der Waals surface area contributed by atoms with Gasteiger partial charge in [0.1, 0.15) is 0 Å². The van der Waals surface area contributed by atoms with E-state index in [4.69, 9.17) is 20.5 Å². The normalized spacial score (nSPS) is 13.4. The highest BCUT2D eigenvalue weighted by Crippen LogP contribution is 2.63. The highest BCUT2D eigenvalue weighted by Gasteiger charge is 2.36. The molecular weight excluding hydrogens is 263 g/mol. The van der Waals surface area contributed by atoms with Crippen LogP contribution in [-0.4, -0.2) is 13.2 Å². The van der Waals surface area contributed by atoms with Crippen LogP contribution in [-0.2, 0) is 13.6 Å². The van der Waals surface area contributed by atoms with Crippen LogP contribution in [0.25, 0.3) is 0 Å². The summed E-state index contributed by atoms with van der Waals surface area (Å²) in [5, 5.41) is 0. The Bertz CT molecular complexity index is 455. The van der Waals surface area contributed by atoms with Gasteiger partial charge in [0.25, 0.3) is 0 Å². The summed E-state index contributed by atoms with van der Waals surface area (Å²) >= 11 is 0. The first-order valence-electron chi connectivity index (χ1n) is 6.52. The van der Waals surface area contributed by atoms with Crippen LogP contribution in [0.5, 0.6) is 0 Å². The Balaban J connectivity index is 3.19. The molecular formula is C13H23N2O3P. The molecule has 1 rings (SSSR count). The predicted molar refractivity (Wildman–Crippen MR) is 79.2 cm³/mol. The smallest absolute Gasteiger partial charge is 0.338 e. The van der Waals surface area contributed by atoms with Gasteiger partial charge in [0.2, 0.25) is 0 Å². The molecule has 0 bridgehead atoms. The third-order valence-electron chi connectivity index (χ3n) is 2.86. The summed E-state index contributed by atoms with van der Waals surface area (Å²) in [6, 6.07) is 5.21. The van der Waals surface area contributed by atoms with E-state index in [-0.39, 0.29) is 5.66 Å². The minimum atomic E-state index is -3.21. The van der Waals surface area contributed by atoms with Crippen molar-refractivity contribution in [1.82, 2.24) is 0 Å². The van der Waals surface area contributed by atoms with Crippen molar-refractivity contribution >= 4 is 19.0 Å². The third-order valence-corrected chi connectivity index (χ3v) is 5.50. The van der Waals surface area contributed by atoms with E-state index in [0.717, 1.165) is 5.56 Å². The van der Waals surface area contributed by atoms with Crippen LogP contribution >= 0.6 is 7.60 Å². The molecule has 19 heavy (non-hydrogen) atoms. The Kier molecular flexibility index (Phi) is 5.85. The maximum Gasteiger partial charge on any atom is 0.338 e. The van der Waals surface area contributed by atoms with Crippen LogP contribution in [0.2, 0.25) is 0 Å². The first-order chi connectivity index (χ1) is 8.98. The van der Waals surface area contributed by atoms with E-state index in [1.54, 1.807) is 32.0 Å². The predicted octanol–water partition coefficient (Wildman–Crippen LogP) is 3.57. The first-order valence-corrected chi connectivity index (χ1v) is 8.13. The Hall–Kier alpha value is -1.03. The largest absolute Gasteiger partial charge is 0.399 e. The van der Waals surface area contributed by atoms with Crippen molar-refractivity contribution in [2.24, 2.45) is 0 Å². The first kappa shape index (κ1) is 16.0. The molecule has 0 heterocycles. The van der Waals surface area contributed by atoms with Crippen molar-refractivity contribution in [3.63, 3.8) is 0 Å². The van der Waals surface area contributed by atoms with E-state index in [0.29, 0.717) is 31.0 Å². The topological polar surface area (TPSA) is 87.6 Å². The summed E-state index contributed by atoms with van der Waals surface area (Å²) in [4.78, 5) is 0. The molecule has 4 N–H and O–H groups in total. The molecule has 0 aromatic heterocycles. The molecule has 0 saturated heterocycles.